The predicted molar refractivity (Wildman–Crippen MR) is 118 cm³/mol. The van der Waals surface area contributed by atoms with E-state index in [0.717, 1.165) is 12.1 Å². The molecule has 0 fully saturated rings. The molecular weight excluding hydrogens is 461 g/mol. The zero-order valence-electron chi connectivity index (χ0n) is 17.2. The van der Waals surface area contributed by atoms with Crippen LogP contribution in [0.15, 0.2) is 60.8 Å². The zero-order valence-corrected chi connectivity index (χ0v) is 17.9. The first-order chi connectivity index (χ1) is 15.7. The molecule has 3 rings (SSSR count). The highest BCUT2D eigenvalue weighted by Gasteiger charge is 2.33. The molecule has 7 nitrogen and oxygen atoms in total. The summed E-state index contributed by atoms with van der Waals surface area (Å²) in [5.74, 6) is 0.0590. The predicted octanol–water partition coefficient (Wildman–Crippen LogP) is 4.96. The Labute approximate surface area is 191 Å². The highest BCUT2D eigenvalue weighted by atomic mass is 35.5. The van der Waals surface area contributed by atoms with Crippen molar-refractivity contribution in [3.8, 4) is 11.5 Å². The third-order valence-electron chi connectivity index (χ3n) is 4.29. The van der Waals surface area contributed by atoms with Crippen LogP contribution >= 0.6 is 11.6 Å². The molecule has 0 aliphatic rings. The number of carbonyl (C=O) groups excluding carboxylic acids is 2. The molecule has 3 aromatic rings. The maximum absolute atomic E-state index is 12.9. The van der Waals surface area contributed by atoms with Crippen molar-refractivity contribution < 1.29 is 27.5 Å². The quantitative estimate of drug-likeness (QED) is 0.446. The van der Waals surface area contributed by atoms with Gasteiger partial charge in [0, 0.05) is 30.7 Å². The van der Waals surface area contributed by atoms with Crippen LogP contribution in [0.25, 0.3) is 0 Å². The molecule has 0 saturated carbocycles. The lowest BCUT2D eigenvalue weighted by Crippen LogP contribution is -2.22. The number of benzene rings is 2. The zero-order chi connectivity index (χ0) is 24.0. The van der Waals surface area contributed by atoms with Gasteiger partial charge in [0.1, 0.15) is 17.2 Å². The molecule has 0 aliphatic carbocycles. The van der Waals surface area contributed by atoms with Gasteiger partial charge in [0.25, 0.3) is 5.91 Å². The van der Waals surface area contributed by atoms with Gasteiger partial charge in [0.2, 0.25) is 5.91 Å². The molecule has 2 amide bonds. The molecule has 0 atom stereocenters. The van der Waals surface area contributed by atoms with Crippen molar-refractivity contribution in [1.82, 2.24) is 10.3 Å². The van der Waals surface area contributed by atoms with Crippen LogP contribution in [-0.2, 0) is 11.0 Å². The number of anilines is 2. The van der Waals surface area contributed by atoms with E-state index in [1.54, 1.807) is 30.3 Å². The van der Waals surface area contributed by atoms with Crippen molar-refractivity contribution in [2.45, 2.75) is 6.18 Å². The second kappa shape index (κ2) is 10.2. The Morgan fingerprint density at radius 2 is 1.70 bits per heavy atom. The van der Waals surface area contributed by atoms with Gasteiger partial charge in [-0.3, -0.25) is 14.6 Å². The van der Waals surface area contributed by atoms with E-state index in [1.807, 2.05) is 0 Å². The first kappa shape index (κ1) is 23.9. The number of pyridine rings is 1. The molecule has 172 valence electrons. The van der Waals surface area contributed by atoms with E-state index in [-0.39, 0.29) is 23.8 Å². The van der Waals surface area contributed by atoms with Crippen molar-refractivity contribution in [3.63, 3.8) is 0 Å². The number of alkyl halides is 3. The molecular formula is C22H18ClF3N4O3. The largest absolute Gasteiger partial charge is 0.457 e. The molecule has 0 unspecified atom stereocenters. The second-order valence-electron chi connectivity index (χ2n) is 6.68. The molecule has 0 spiro atoms. The van der Waals surface area contributed by atoms with E-state index in [9.17, 15) is 22.8 Å². The van der Waals surface area contributed by atoms with Gasteiger partial charge in [-0.25, -0.2) is 0 Å². The SMILES string of the molecule is CNC(=O)c1cc(Oc2ccc(NC(=O)CNc3ccc(Cl)c(C(F)(F)F)c3)cc2)ccn1. The van der Waals surface area contributed by atoms with Gasteiger partial charge in [-0.05, 0) is 48.5 Å². The van der Waals surface area contributed by atoms with Crippen molar-refractivity contribution in [2.75, 3.05) is 24.2 Å². The molecule has 1 aromatic heterocycles. The first-order valence-electron chi connectivity index (χ1n) is 9.52. The van der Waals surface area contributed by atoms with Gasteiger partial charge >= 0.3 is 6.18 Å². The fraction of sp³-hybridized carbons (Fsp3) is 0.136. The lowest BCUT2D eigenvalue weighted by molar-refractivity contribution is -0.137. The molecule has 33 heavy (non-hydrogen) atoms. The monoisotopic (exact) mass is 478 g/mol. The Bertz CT molecular complexity index is 1150. The van der Waals surface area contributed by atoms with Crippen molar-refractivity contribution in [3.05, 3.63) is 77.1 Å². The molecule has 0 radical (unpaired) electrons. The number of carbonyl (C=O) groups is 2. The summed E-state index contributed by atoms with van der Waals surface area (Å²) in [6, 6.07) is 12.8. The minimum atomic E-state index is -4.60. The number of amides is 2. The molecule has 0 aliphatic heterocycles. The van der Waals surface area contributed by atoms with Crippen LogP contribution in [0.1, 0.15) is 16.1 Å². The van der Waals surface area contributed by atoms with E-state index in [0.29, 0.717) is 17.2 Å². The molecule has 0 saturated heterocycles. The number of hydrogen-bond acceptors (Lipinski definition) is 5. The van der Waals surface area contributed by atoms with Gasteiger partial charge in [-0.15, -0.1) is 0 Å². The Hall–Kier alpha value is -3.79. The summed E-state index contributed by atoms with van der Waals surface area (Å²) in [5, 5.41) is 7.31. The van der Waals surface area contributed by atoms with Crippen LogP contribution in [0.3, 0.4) is 0 Å². The summed E-state index contributed by atoms with van der Waals surface area (Å²) in [7, 11) is 1.50. The minimum Gasteiger partial charge on any atom is -0.457 e. The van der Waals surface area contributed by atoms with E-state index in [2.05, 4.69) is 20.9 Å². The Morgan fingerprint density at radius 3 is 2.36 bits per heavy atom. The summed E-state index contributed by atoms with van der Waals surface area (Å²) in [6.07, 6.45) is -3.15. The number of hydrogen-bond donors (Lipinski definition) is 3. The molecule has 3 N–H and O–H groups in total. The van der Waals surface area contributed by atoms with Crippen molar-refractivity contribution in [2.24, 2.45) is 0 Å². The van der Waals surface area contributed by atoms with Gasteiger partial charge in [-0.2, -0.15) is 13.2 Å². The average molecular weight is 479 g/mol. The Morgan fingerprint density at radius 1 is 1.00 bits per heavy atom. The number of aromatic nitrogens is 1. The highest BCUT2D eigenvalue weighted by Crippen LogP contribution is 2.36. The number of nitrogens with one attached hydrogen (secondary N) is 3. The first-order valence-corrected chi connectivity index (χ1v) is 9.90. The molecule has 1 heterocycles. The molecule has 11 heteroatoms. The fourth-order valence-corrected chi connectivity index (χ4v) is 2.93. The highest BCUT2D eigenvalue weighted by molar-refractivity contribution is 6.31. The van der Waals surface area contributed by atoms with E-state index >= 15 is 0 Å². The van der Waals surface area contributed by atoms with E-state index < -0.39 is 22.7 Å². The Kier molecular flexibility index (Phi) is 7.39. The number of halogens is 4. The summed E-state index contributed by atoms with van der Waals surface area (Å²) in [4.78, 5) is 27.7. The van der Waals surface area contributed by atoms with Crippen molar-refractivity contribution in [1.29, 1.82) is 0 Å². The second-order valence-corrected chi connectivity index (χ2v) is 7.08. The van der Waals surface area contributed by atoms with Crippen LogP contribution in [0.5, 0.6) is 11.5 Å². The van der Waals surface area contributed by atoms with E-state index in [4.69, 9.17) is 16.3 Å². The minimum absolute atomic E-state index is 0.110. The van der Waals surface area contributed by atoms with Crippen LogP contribution < -0.4 is 20.7 Å². The van der Waals surface area contributed by atoms with Crippen LogP contribution in [-0.4, -0.2) is 30.4 Å². The standard InChI is InChI=1S/C22H18ClF3N4O3/c1-27-21(32)19-11-16(8-9-28-19)33-15-5-2-13(3-6-15)30-20(31)12-29-14-4-7-18(23)17(10-14)22(24,25)26/h2-11,29H,12H2,1H3,(H,27,32)(H,30,31). The lowest BCUT2D eigenvalue weighted by Gasteiger charge is -2.12. The van der Waals surface area contributed by atoms with Gasteiger partial charge in [0.05, 0.1) is 17.1 Å². The maximum atomic E-state index is 12.9. The van der Waals surface area contributed by atoms with E-state index in [1.165, 1.54) is 25.4 Å². The summed E-state index contributed by atoms with van der Waals surface area (Å²) in [6.45, 7) is -0.254. The summed E-state index contributed by atoms with van der Waals surface area (Å²) >= 11 is 5.58. The van der Waals surface area contributed by atoms with Crippen LogP contribution in [0, 0.1) is 0 Å². The van der Waals surface area contributed by atoms with Crippen molar-refractivity contribution >= 4 is 34.8 Å². The normalized spacial score (nSPS) is 10.9. The number of rotatable bonds is 7. The third kappa shape index (κ3) is 6.59. The summed E-state index contributed by atoms with van der Waals surface area (Å²) < 4.78 is 44.5. The van der Waals surface area contributed by atoms with Crippen LogP contribution in [0.2, 0.25) is 5.02 Å². The topological polar surface area (TPSA) is 92.4 Å². The smallest absolute Gasteiger partial charge is 0.417 e. The fourth-order valence-electron chi connectivity index (χ4n) is 2.71. The Balaban J connectivity index is 1.56. The maximum Gasteiger partial charge on any atom is 0.417 e. The third-order valence-corrected chi connectivity index (χ3v) is 4.62. The molecule has 0 bridgehead atoms. The van der Waals surface area contributed by atoms with Gasteiger partial charge in [0.15, 0.2) is 0 Å². The average Bonchev–Trinajstić information content (AvgIpc) is 2.78. The van der Waals surface area contributed by atoms with Gasteiger partial charge < -0.3 is 20.7 Å². The van der Waals surface area contributed by atoms with Crippen LogP contribution in [0.4, 0.5) is 24.5 Å². The number of ether oxygens (including phenoxy) is 1. The van der Waals surface area contributed by atoms with Gasteiger partial charge in [-0.1, -0.05) is 11.6 Å². The summed E-state index contributed by atoms with van der Waals surface area (Å²) in [5.41, 5.74) is -0.211. The molecule has 2 aromatic carbocycles. The lowest BCUT2D eigenvalue weighted by atomic mass is 10.2. The number of nitrogens with zero attached hydrogens (tertiary/aromatic N) is 1.